The standard InChI is InChI=1S/C15H22BrN3O2/c16-14-8-12(15(21)18-17)3-4-13(14)10-19-6-1-2-11(9-19)5-7-20/h3-4,8,11,20H,1-2,5-7,9-10,17H2,(H,18,21). The van der Waals surface area contributed by atoms with Crippen molar-refractivity contribution >= 4 is 21.8 Å². The molecule has 1 amide bonds. The van der Waals surface area contributed by atoms with E-state index < -0.39 is 0 Å². The van der Waals surface area contributed by atoms with Gasteiger partial charge < -0.3 is 5.11 Å². The topological polar surface area (TPSA) is 78.6 Å². The number of hydrazine groups is 1. The highest BCUT2D eigenvalue weighted by Crippen LogP contribution is 2.24. The van der Waals surface area contributed by atoms with Crippen LogP contribution in [0.5, 0.6) is 0 Å². The first kappa shape index (κ1) is 16.4. The molecule has 1 aliphatic rings. The number of amides is 1. The Morgan fingerprint density at radius 1 is 1.52 bits per heavy atom. The Labute approximate surface area is 133 Å². The lowest BCUT2D eigenvalue weighted by Crippen LogP contribution is -2.35. The van der Waals surface area contributed by atoms with Crippen molar-refractivity contribution in [2.75, 3.05) is 19.7 Å². The maximum atomic E-state index is 11.5. The van der Waals surface area contributed by atoms with E-state index in [4.69, 9.17) is 10.9 Å². The molecule has 1 aliphatic heterocycles. The van der Waals surface area contributed by atoms with E-state index in [2.05, 4.69) is 26.3 Å². The van der Waals surface area contributed by atoms with Crippen molar-refractivity contribution in [2.45, 2.75) is 25.8 Å². The van der Waals surface area contributed by atoms with E-state index in [1.54, 1.807) is 12.1 Å². The molecule has 21 heavy (non-hydrogen) atoms. The van der Waals surface area contributed by atoms with E-state index in [-0.39, 0.29) is 12.5 Å². The van der Waals surface area contributed by atoms with Crippen LogP contribution in [0.1, 0.15) is 35.2 Å². The van der Waals surface area contributed by atoms with Crippen molar-refractivity contribution in [1.29, 1.82) is 0 Å². The summed E-state index contributed by atoms with van der Waals surface area (Å²) in [6.07, 6.45) is 3.26. The zero-order valence-electron chi connectivity index (χ0n) is 12.0. The second-order valence-electron chi connectivity index (χ2n) is 5.54. The number of hydrogen-bond donors (Lipinski definition) is 3. The number of nitrogens with two attached hydrogens (primary N) is 1. The van der Waals surface area contributed by atoms with Crippen LogP contribution in [-0.2, 0) is 6.54 Å². The summed E-state index contributed by atoms with van der Waals surface area (Å²) in [5.74, 6) is 5.44. The van der Waals surface area contributed by atoms with Gasteiger partial charge in [-0.25, -0.2) is 5.84 Å². The third-order valence-electron chi connectivity index (χ3n) is 3.98. The van der Waals surface area contributed by atoms with E-state index in [9.17, 15) is 4.79 Å². The van der Waals surface area contributed by atoms with Gasteiger partial charge in [-0.3, -0.25) is 15.1 Å². The SMILES string of the molecule is NNC(=O)c1ccc(CN2CCCC(CCO)C2)c(Br)c1. The molecular weight excluding hydrogens is 334 g/mol. The first-order valence-electron chi connectivity index (χ1n) is 7.26. The van der Waals surface area contributed by atoms with Crippen molar-refractivity contribution < 1.29 is 9.90 Å². The monoisotopic (exact) mass is 355 g/mol. The molecule has 0 saturated carbocycles. The van der Waals surface area contributed by atoms with Crippen LogP contribution in [0.25, 0.3) is 0 Å². The molecule has 0 radical (unpaired) electrons. The van der Waals surface area contributed by atoms with Crippen molar-refractivity contribution in [2.24, 2.45) is 11.8 Å². The van der Waals surface area contributed by atoms with E-state index >= 15 is 0 Å². The quantitative estimate of drug-likeness (QED) is 0.426. The minimum absolute atomic E-state index is 0.269. The van der Waals surface area contributed by atoms with Gasteiger partial charge in [-0.2, -0.15) is 0 Å². The van der Waals surface area contributed by atoms with Gasteiger partial charge in [0.1, 0.15) is 0 Å². The van der Waals surface area contributed by atoms with Gasteiger partial charge in [-0.05, 0) is 49.4 Å². The minimum atomic E-state index is -0.289. The van der Waals surface area contributed by atoms with E-state index in [1.807, 2.05) is 6.07 Å². The molecule has 1 unspecified atom stereocenters. The van der Waals surface area contributed by atoms with Crippen molar-refractivity contribution in [3.63, 3.8) is 0 Å². The fourth-order valence-electron chi connectivity index (χ4n) is 2.85. The molecular formula is C15H22BrN3O2. The maximum absolute atomic E-state index is 11.5. The van der Waals surface area contributed by atoms with Gasteiger partial charge in [0.05, 0.1) is 0 Å². The van der Waals surface area contributed by atoms with Gasteiger partial charge in [0.15, 0.2) is 0 Å². The predicted molar refractivity (Wildman–Crippen MR) is 85.5 cm³/mol. The van der Waals surface area contributed by atoms with Gasteiger partial charge in [0, 0.05) is 29.7 Å². The van der Waals surface area contributed by atoms with Crippen LogP contribution in [0, 0.1) is 5.92 Å². The molecule has 116 valence electrons. The highest BCUT2D eigenvalue weighted by molar-refractivity contribution is 9.10. The van der Waals surface area contributed by atoms with Crippen molar-refractivity contribution in [3.8, 4) is 0 Å². The molecule has 1 heterocycles. The summed E-state index contributed by atoms with van der Waals surface area (Å²) in [5.41, 5.74) is 3.84. The Kier molecular flexibility index (Phi) is 6.17. The van der Waals surface area contributed by atoms with Crippen LogP contribution >= 0.6 is 15.9 Å². The number of nitrogens with zero attached hydrogens (tertiary/aromatic N) is 1. The molecule has 6 heteroatoms. The first-order chi connectivity index (χ1) is 10.1. The summed E-state index contributed by atoms with van der Waals surface area (Å²) < 4.78 is 0.924. The number of carbonyl (C=O) groups is 1. The van der Waals surface area contributed by atoms with Gasteiger partial charge in [-0.15, -0.1) is 0 Å². The number of benzene rings is 1. The number of carbonyl (C=O) groups excluding carboxylic acids is 1. The van der Waals surface area contributed by atoms with E-state index in [0.29, 0.717) is 11.5 Å². The van der Waals surface area contributed by atoms with Gasteiger partial charge in [0.2, 0.25) is 0 Å². The maximum Gasteiger partial charge on any atom is 0.265 e. The number of nitrogen functional groups attached to an aromatic ring is 1. The largest absolute Gasteiger partial charge is 0.396 e. The fraction of sp³-hybridized carbons (Fsp3) is 0.533. The number of likely N-dealkylation sites (tertiary alicyclic amines) is 1. The van der Waals surface area contributed by atoms with Gasteiger partial charge >= 0.3 is 0 Å². The Balaban J connectivity index is 2.00. The zero-order chi connectivity index (χ0) is 15.2. The van der Waals surface area contributed by atoms with Crippen LogP contribution in [0.15, 0.2) is 22.7 Å². The minimum Gasteiger partial charge on any atom is -0.396 e. The third-order valence-corrected chi connectivity index (χ3v) is 4.72. The Hall–Kier alpha value is -0.950. The van der Waals surface area contributed by atoms with Crippen LogP contribution in [0.3, 0.4) is 0 Å². The predicted octanol–water partition coefficient (Wildman–Crippen LogP) is 1.65. The highest BCUT2D eigenvalue weighted by atomic mass is 79.9. The number of halogens is 1. The molecule has 5 nitrogen and oxygen atoms in total. The second-order valence-corrected chi connectivity index (χ2v) is 6.39. The Bertz CT molecular complexity index is 494. The number of nitrogens with one attached hydrogen (secondary N) is 1. The lowest BCUT2D eigenvalue weighted by Gasteiger charge is -2.32. The number of hydrogen-bond acceptors (Lipinski definition) is 4. The summed E-state index contributed by atoms with van der Waals surface area (Å²) in [5, 5.41) is 9.07. The number of aliphatic hydroxyl groups excluding tert-OH is 1. The van der Waals surface area contributed by atoms with E-state index in [0.717, 1.165) is 36.1 Å². The summed E-state index contributed by atoms with van der Waals surface area (Å²) >= 11 is 3.53. The molecule has 4 N–H and O–H groups in total. The second kappa shape index (κ2) is 7.89. The van der Waals surface area contributed by atoms with Crippen LogP contribution < -0.4 is 11.3 Å². The number of piperidine rings is 1. The molecule has 1 saturated heterocycles. The molecule has 2 rings (SSSR count). The van der Waals surface area contributed by atoms with Crippen LogP contribution in [-0.4, -0.2) is 35.6 Å². The van der Waals surface area contributed by atoms with E-state index in [1.165, 1.54) is 12.8 Å². The Morgan fingerprint density at radius 2 is 2.33 bits per heavy atom. The van der Waals surface area contributed by atoms with Crippen molar-refractivity contribution in [3.05, 3.63) is 33.8 Å². The lowest BCUT2D eigenvalue weighted by atomic mass is 9.95. The summed E-state index contributed by atoms with van der Waals surface area (Å²) in [6, 6.07) is 5.55. The molecule has 0 aliphatic carbocycles. The molecule has 1 aromatic rings. The van der Waals surface area contributed by atoms with Crippen molar-refractivity contribution in [1.82, 2.24) is 10.3 Å². The summed E-state index contributed by atoms with van der Waals surface area (Å²) in [4.78, 5) is 13.9. The summed E-state index contributed by atoms with van der Waals surface area (Å²) in [6.45, 7) is 3.23. The number of rotatable bonds is 5. The van der Waals surface area contributed by atoms with Gasteiger partial charge in [-0.1, -0.05) is 22.0 Å². The lowest BCUT2D eigenvalue weighted by molar-refractivity contribution is 0.0953. The zero-order valence-corrected chi connectivity index (χ0v) is 13.6. The third kappa shape index (κ3) is 4.51. The molecule has 0 bridgehead atoms. The molecule has 0 spiro atoms. The molecule has 1 atom stereocenters. The molecule has 1 aromatic carbocycles. The summed E-state index contributed by atoms with van der Waals surface area (Å²) in [7, 11) is 0. The average molecular weight is 356 g/mol. The highest BCUT2D eigenvalue weighted by Gasteiger charge is 2.20. The van der Waals surface area contributed by atoms with Crippen LogP contribution in [0.2, 0.25) is 0 Å². The normalized spacial score (nSPS) is 19.5. The molecule has 1 fully saturated rings. The van der Waals surface area contributed by atoms with Crippen LogP contribution in [0.4, 0.5) is 0 Å². The first-order valence-corrected chi connectivity index (χ1v) is 8.06. The fourth-order valence-corrected chi connectivity index (χ4v) is 3.36. The van der Waals surface area contributed by atoms with Gasteiger partial charge in [0.25, 0.3) is 5.91 Å². The Morgan fingerprint density at radius 3 is 3.00 bits per heavy atom. The molecule has 0 aromatic heterocycles. The smallest absolute Gasteiger partial charge is 0.265 e. The average Bonchev–Trinajstić information content (AvgIpc) is 2.49. The number of aliphatic hydroxyl groups is 1.